The van der Waals surface area contributed by atoms with Crippen LogP contribution in [0.4, 0.5) is 0 Å². The van der Waals surface area contributed by atoms with Crippen LogP contribution in [0.15, 0.2) is 102 Å². The molecule has 0 bridgehead atoms. The van der Waals surface area contributed by atoms with Crippen LogP contribution in [0.3, 0.4) is 0 Å². The first-order valence-corrected chi connectivity index (χ1v) is 13.6. The third-order valence-electron chi connectivity index (χ3n) is 6.11. The molecule has 0 spiro atoms. The highest BCUT2D eigenvalue weighted by Crippen LogP contribution is 2.33. The van der Waals surface area contributed by atoms with Crippen molar-refractivity contribution in [3.8, 4) is 28.4 Å². The summed E-state index contributed by atoms with van der Waals surface area (Å²) in [6, 6.07) is 28.9. The highest BCUT2D eigenvalue weighted by molar-refractivity contribution is 9.10. The van der Waals surface area contributed by atoms with Crippen LogP contribution in [0.1, 0.15) is 35.7 Å². The number of halogens is 1. The number of amides is 1. The summed E-state index contributed by atoms with van der Waals surface area (Å²) in [7, 11) is 0. The maximum atomic E-state index is 13.1. The molecule has 0 aromatic heterocycles. The number of hydrogen-bond acceptors (Lipinski definition) is 4. The van der Waals surface area contributed by atoms with Crippen LogP contribution in [0.25, 0.3) is 11.1 Å². The highest BCUT2D eigenvalue weighted by atomic mass is 79.9. The van der Waals surface area contributed by atoms with Crippen molar-refractivity contribution in [2.45, 2.75) is 32.2 Å². The van der Waals surface area contributed by atoms with E-state index in [4.69, 9.17) is 9.47 Å². The quantitative estimate of drug-likeness (QED) is 0.167. The Morgan fingerprint density at radius 3 is 2.33 bits per heavy atom. The van der Waals surface area contributed by atoms with Gasteiger partial charge >= 0.3 is 5.97 Å². The fourth-order valence-electron chi connectivity index (χ4n) is 4.03. The third kappa shape index (κ3) is 7.71. The minimum absolute atomic E-state index is 0.129. The van der Waals surface area contributed by atoms with E-state index in [0.717, 1.165) is 41.0 Å². The van der Waals surface area contributed by atoms with Gasteiger partial charge in [-0.25, -0.2) is 4.79 Å². The number of para-hydroxylation sites is 2. The summed E-state index contributed by atoms with van der Waals surface area (Å²) in [5.41, 5.74) is 2.92. The largest absolute Gasteiger partial charge is 0.493 e. The average molecular weight is 588 g/mol. The number of rotatable bonds is 12. The van der Waals surface area contributed by atoms with Gasteiger partial charge in [0.25, 0.3) is 5.91 Å². The minimum atomic E-state index is -1.11. The fourth-order valence-corrected chi connectivity index (χ4v) is 4.39. The number of benzene rings is 4. The Balaban J connectivity index is 1.48. The summed E-state index contributed by atoms with van der Waals surface area (Å²) in [6.07, 6.45) is 1.95. The summed E-state index contributed by atoms with van der Waals surface area (Å²) < 4.78 is 12.6. The maximum Gasteiger partial charge on any atom is 0.326 e. The molecule has 39 heavy (non-hydrogen) atoms. The lowest BCUT2D eigenvalue weighted by Crippen LogP contribution is -2.42. The second kappa shape index (κ2) is 13.6. The fraction of sp³-hybridized carbons (Fsp3) is 0.188. The zero-order valence-corrected chi connectivity index (χ0v) is 23.2. The van der Waals surface area contributed by atoms with Crippen molar-refractivity contribution in [3.63, 3.8) is 0 Å². The van der Waals surface area contributed by atoms with Crippen LogP contribution in [0, 0.1) is 0 Å². The van der Waals surface area contributed by atoms with E-state index in [1.165, 1.54) is 0 Å². The molecule has 1 amide bonds. The molecule has 0 aliphatic heterocycles. The van der Waals surface area contributed by atoms with Gasteiger partial charge in [-0.1, -0.05) is 89.9 Å². The second-order valence-corrected chi connectivity index (χ2v) is 9.93. The van der Waals surface area contributed by atoms with Crippen molar-refractivity contribution >= 4 is 27.8 Å². The van der Waals surface area contributed by atoms with Crippen LogP contribution in [-0.2, 0) is 11.2 Å². The number of hydrogen-bond donors (Lipinski definition) is 2. The van der Waals surface area contributed by atoms with Crippen molar-refractivity contribution in [1.82, 2.24) is 5.32 Å². The van der Waals surface area contributed by atoms with E-state index < -0.39 is 17.9 Å². The van der Waals surface area contributed by atoms with Crippen molar-refractivity contribution < 1.29 is 24.2 Å². The van der Waals surface area contributed by atoms with Gasteiger partial charge in [0, 0.05) is 16.5 Å². The van der Waals surface area contributed by atoms with E-state index in [1.807, 2.05) is 78.9 Å². The Morgan fingerprint density at radius 2 is 1.62 bits per heavy atom. The number of carboxylic acids is 1. The summed E-state index contributed by atoms with van der Waals surface area (Å²) in [4.78, 5) is 25.2. The highest BCUT2D eigenvalue weighted by Gasteiger charge is 2.23. The monoisotopic (exact) mass is 587 g/mol. The van der Waals surface area contributed by atoms with Gasteiger partial charge in [-0.15, -0.1) is 0 Å². The van der Waals surface area contributed by atoms with E-state index in [9.17, 15) is 14.7 Å². The lowest BCUT2D eigenvalue weighted by Gasteiger charge is -2.17. The van der Waals surface area contributed by atoms with Crippen molar-refractivity contribution in [2.75, 3.05) is 6.61 Å². The van der Waals surface area contributed by atoms with Crippen molar-refractivity contribution in [1.29, 1.82) is 0 Å². The van der Waals surface area contributed by atoms with Gasteiger partial charge in [0.15, 0.2) is 0 Å². The zero-order valence-electron chi connectivity index (χ0n) is 21.6. The number of carboxylic acid groups (broad SMARTS) is 1. The number of aliphatic carboxylic acids is 1. The molecule has 0 radical (unpaired) electrons. The first-order chi connectivity index (χ1) is 18.9. The number of carbonyl (C=O) groups excluding carboxylic acids is 1. The molecule has 0 aliphatic rings. The Hall–Kier alpha value is -4.10. The van der Waals surface area contributed by atoms with Crippen LogP contribution in [0.5, 0.6) is 17.2 Å². The topological polar surface area (TPSA) is 84.9 Å². The third-order valence-corrected chi connectivity index (χ3v) is 6.60. The molecule has 0 heterocycles. The predicted octanol–water partition coefficient (Wildman–Crippen LogP) is 7.51. The molecule has 0 aliphatic carbocycles. The Kier molecular flexibility index (Phi) is 9.75. The lowest BCUT2D eigenvalue weighted by molar-refractivity contribution is -0.139. The Morgan fingerprint density at radius 1 is 0.897 bits per heavy atom. The van der Waals surface area contributed by atoms with Crippen molar-refractivity contribution in [2.24, 2.45) is 0 Å². The first-order valence-electron chi connectivity index (χ1n) is 12.8. The summed E-state index contributed by atoms with van der Waals surface area (Å²) in [5, 5.41) is 12.5. The van der Waals surface area contributed by atoms with Crippen LogP contribution >= 0.6 is 15.9 Å². The van der Waals surface area contributed by atoms with Gasteiger partial charge < -0.3 is 19.9 Å². The summed E-state index contributed by atoms with van der Waals surface area (Å²) >= 11 is 3.38. The molecule has 6 nitrogen and oxygen atoms in total. The van der Waals surface area contributed by atoms with Crippen LogP contribution < -0.4 is 14.8 Å². The number of unbranched alkanes of at least 4 members (excludes halogenated alkanes) is 1. The van der Waals surface area contributed by atoms with E-state index in [0.29, 0.717) is 16.8 Å². The molecule has 200 valence electrons. The first kappa shape index (κ1) is 27.9. The molecule has 0 saturated carbocycles. The molecule has 7 heteroatoms. The maximum absolute atomic E-state index is 13.1. The smallest absolute Gasteiger partial charge is 0.326 e. The van der Waals surface area contributed by atoms with Crippen molar-refractivity contribution in [3.05, 3.63) is 113 Å². The molecule has 2 N–H and O–H groups in total. The van der Waals surface area contributed by atoms with E-state index in [-0.39, 0.29) is 12.0 Å². The van der Waals surface area contributed by atoms with Gasteiger partial charge in [-0.05, 0) is 53.9 Å². The van der Waals surface area contributed by atoms with Gasteiger partial charge in [0.1, 0.15) is 23.3 Å². The molecule has 0 saturated heterocycles. The lowest BCUT2D eigenvalue weighted by atomic mass is 9.99. The number of nitrogens with one attached hydrogen (secondary N) is 1. The number of ether oxygens (including phenoxy) is 2. The molecule has 4 aromatic rings. The summed E-state index contributed by atoms with van der Waals surface area (Å²) in [6.45, 7) is 2.53. The molecule has 0 unspecified atom stereocenters. The molecule has 1 atom stereocenters. The molecular formula is C32H30BrNO5. The van der Waals surface area contributed by atoms with Gasteiger partial charge in [0.05, 0.1) is 12.2 Å². The minimum Gasteiger partial charge on any atom is -0.493 e. The second-order valence-electron chi connectivity index (χ2n) is 9.02. The average Bonchev–Trinajstić information content (AvgIpc) is 2.95. The van der Waals surface area contributed by atoms with Gasteiger partial charge in [-0.3, -0.25) is 4.79 Å². The van der Waals surface area contributed by atoms with E-state index in [2.05, 4.69) is 28.2 Å². The Bertz CT molecular complexity index is 1410. The Labute approximate surface area is 236 Å². The standard InChI is InChI=1S/C32H30BrNO5/c1-2-3-19-38-29-18-17-24(33)21-27(29)31(35)34-28(32(36)37)20-22-13-15-23(16-14-22)26-11-7-8-12-30(26)39-25-9-5-4-6-10-25/h4-18,21,28H,2-3,19-20H2,1H3,(H,34,35)(H,36,37)/t28-/m0/s1. The normalized spacial score (nSPS) is 11.4. The van der Waals surface area contributed by atoms with Gasteiger partial charge in [-0.2, -0.15) is 0 Å². The molecular weight excluding hydrogens is 558 g/mol. The predicted molar refractivity (Wildman–Crippen MR) is 156 cm³/mol. The van der Waals surface area contributed by atoms with E-state index >= 15 is 0 Å². The molecule has 4 rings (SSSR count). The van der Waals surface area contributed by atoms with E-state index in [1.54, 1.807) is 18.2 Å². The molecule has 4 aromatic carbocycles. The number of carbonyl (C=O) groups is 2. The summed E-state index contributed by atoms with van der Waals surface area (Å²) in [5.74, 6) is 0.273. The SMILES string of the molecule is CCCCOc1ccc(Br)cc1C(=O)N[C@@H](Cc1ccc(-c2ccccc2Oc2ccccc2)cc1)C(=O)O. The van der Waals surface area contributed by atoms with Crippen LogP contribution in [-0.4, -0.2) is 29.6 Å². The molecule has 0 fully saturated rings. The zero-order chi connectivity index (χ0) is 27.6. The van der Waals surface area contributed by atoms with Gasteiger partial charge in [0.2, 0.25) is 0 Å². The van der Waals surface area contributed by atoms with Crippen LogP contribution in [0.2, 0.25) is 0 Å².